The number of amides is 3. The van der Waals surface area contributed by atoms with Crippen molar-refractivity contribution in [1.29, 1.82) is 0 Å². The van der Waals surface area contributed by atoms with E-state index >= 15 is 0 Å². The Labute approximate surface area is 127 Å². The molecule has 7 heteroatoms. The summed E-state index contributed by atoms with van der Waals surface area (Å²) in [6.07, 6.45) is 0.394. The van der Waals surface area contributed by atoms with Crippen LogP contribution in [0.2, 0.25) is 0 Å². The molecule has 0 saturated carbocycles. The molecule has 3 amide bonds. The number of halogens is 1. The Morgan fingerprint density at radius 3 is 2.95 bits per heavy atom. The molecule has 22 heavy (non-hydrogen) atoms. The van der Waals surface area contributed by atoms with E-state index < -0.39 is 5.82 Å². The van der Waals surface area contributed by atoms with Gasteiger partial charge in [0.2, 0.25) is 0 Å². The summed E-state index contributed by atoms with van der Waals surface area (Å²) in [6, 6.07) is 5.64. The Hall–Kier alpha value is -2.31. The number of cyclic esters (lactones) is 1. The minimum atomic E-state index is -0.468. The number of nitrogens with one attached hydrogen (secondary N) is 1. The summed E-state index contributed by atoms with van der Waals surface area (Å²) in [7, 11) is 1.68. The van der Waals surface area contributed by atoms with E-state index in [2.05, 4.69) is 5.32 Å². The van der Waals surface area contributed by atoms with E-state index in [1.807, 2.05) is 0 Å². The van der Waals surface area contributed by atoms with Crippen LogP contribution in [-0.2, 0) is 4.74 Å². The Morgan fingerprint density at radius 1 is 1.41 bits per heavy atom. The fourth-order valence-corrected chi connectivity index (χ4v) is 2.97. The van der Waals surface area contributed by atoms with Crippen molar-refractivity contribution >= 4 is 17.8 Å². The second kappa shape index (κ2) is 5.82. The number of rotatable bonds is 1. The molecule has 0 unspecified atom stereocenters. The van der Waals surface area contributed by atoms with Gasteiger partial charge in [-0.3, -0.25) is 0 Å². The van der Waals surface area contributed by atoms with Crippen molar-refractivity contribution in [2.45, 2.75) is 12.5 Å². The third-order valence-electron chi connectivity index (χ3n) is 4.33. The van der Waals surface area contributed by atoms with Gasteiger partial charge < -0.3 is 19.9 Å². The van der Waals surface area contributed by atoms with Crippen molar-refractivity contribution in [2.24, 2.45) is 5.92 Å². The number of urea groups is 1. The summed E-state index contributed by atoms with van der Waals surface area (Å²) in [6.45, 7) is 1.39. The van der Waals surface area contributed by atoms with Gasteiger partial charge in [-0.05, 0) is 18.6 Å². The summed E-state index contributed by atoms with van der Waals surface area (Å²) in [5, 5.41) is 2.58. The highest BCUT2D eigenvalue weighted by Crippen LogP contribution is 2.27. The van der Waals surface area contributed by atoms with E-state index in [-0.39, 0.29) is 29.8 Å². The van der Waals surface area contributed by atoms with Crippen LogP contribution in [0.4, 0.5) is 19.7 Å². The number of para-hydroxylation sites is 1. The maximum atomic E-state index is 13.6. The van der Waals surface area contributed by atoms with Crippen LogP contribution >= 0.6 is 0 Å². The molecule has 2 saturated heterocycles. The number of likely N-dealkylation sites (N-methyl/N-ethyl adjacent to an activating group) is 1. The van der Waals surface area contributed by atoms with E-state index in [0.29, 0.717) is 19.7 Å². The molecule has 0 bridgehead atoms. The smallest absolute Gasteiger partial charge is 0.409 e. The maximum Gasteiger partial charge on any atom is 0.409 e. The molecule has 3 rings (SSSR count). The second-order valence-corrected chi connectivity index (χ2v) is 5.66. The van der Waals surface area contributed by atoms with Gasteiger partial charge in [0.25, 0.3) is 0 Å². The third kappa shape index (κ3) is 2.70. The summed E-state index contributed by atoms with van der Waals surface area (Å²) in [5.41, 5.74) is 0.158. The second-order valence-electron chi connectivity index (χ2n) is 5.66. The molecule has 2 fully saturated rings. The van der Waals surface area contributed by atoms with Crippen LogP contribution in [0.3, 0.4) is 0 Å². The highest BCUT2D eigenvalue weighted by atomic mass is 19.1. The van der Waals surface area contributed by atoms with Crippen LogP contribution in [-0.4, -0.2) is 54.7 Å². The van der Waals surface area contributed by atoms with Crippen LogP contribution in [0.5, 0.6) is 0 Å². The Bertz CT molecular complexity index is 595. The number of piperidine rings is 1. The predicted molar refractivity (Wildman–Crippen MR) is 78.0 cm³/mol. The van der Waals surface area contributed by atoms with Gasteiger partial charge in [-0.15, -0.1) is 0 Å². The monoisotopic (exact) mass is 307 g/mol. The minimum absolute atomic E-state index is 0.0543. The minimum Gasteiger partial charge on any atom is -0.449 e. The predicted octanol–water partition coefficient (Wildman–Crippen LogP) is 2.13. The maximum absolute atomic E-state index is 13.6. The zero-order valence-corrected chi connectivity index (χ0v) is 12.3. The first-order valence-electron chi connectivity index (χ1n) is 7.26. The van der Waals surface area contributed by atoms with E-state index in [0.717, 1.165) is 6.42 Å². The summed E-state index contributed by atoms with van der Waals surface area (Å²) in [4.78, 5) is 27.0. The number of nitrogens with zero attached hydrogens (tertiary/aromatic N) is 2. The fourth-order valence-electron chi connectivity index (χ4n) is 2.97. The number of hydrogen-bond acceptors (Lipinski definition) is 3. The topological polar surface area (TPSA) is 61.9 Å². The van der Waals surface area contributed by atoms with Crippen molar-refractivity contribution in [3.8, 4) is 0 Å². The van der Waals surface area contributed by atoms with E-state index in [9.17, 15) is 14.0 Å². The average molecular weight is 307 g/mol. The fraction of sp³-hybridized carbons (Fsp3) is 0.467. The van der Waals surface area contributed by atoms with Crippen molar-refractivity contribution in [2.75, 3.05) is 32.1 Å². The molecule has 0 aliphatic carbocycles. The molecule has 118 valence electrons. The quantitative estimate of drug-likeness (QED) is 0.864. The third-order valence-corrected chi connectivity index (χ3v) is 4.33. The highest BCUT2D eigenvalue weighted by molar-refractivity contribution is 5.89. The van der Waals surface area contributed by atoms with Crippen LogP contribution in [0, 0.1) is 11.7 Å². The number of hydrogen-bond donors (Lipinski definition) is 1. The zero-order chi connectivity index (χ0) is 15.7. The average Bonchev–Trinajstić information content (AvgIpc) is 2.53. The van der Waals surface area contributed by atoms with Gasteiger partial charge >= 0.3 is 12.1 Å². The van der Waals surface area contributed by atoms with Crippen molar-refractivity contribution in [3.05, 3.63) is 30.1 Å². The number of anilines is 1. The number of likely N-dealkylation sites (tertiary alicyclic amines) is 1. The van der Waals surface area contributed by atoms with Gasteiger partial charge in [0.05, 0.1) is 18.3 Å². The standard InChI is InChI=1S/C15H18FN3O3/c1-18-13-8-19(7-6-10(13)9-22-15(18)21)14(20)17-12-5-3-2-4-11(12)16/h2-5,10,13H,6-9H2,1H3,(H,17,20)/t10-,13+/m0/s1. The molecular weight excluding hydrogens is 289 g/mol. The van der Waals surface area contributed by atoms with Crippen molar-refractivity contribution in [3.63, 3.8) is 0 Å². The van der Waals surface area contributed by atoms with E-state index in [1.165, 1.54) is 17.0 Å². The molecule has 2 atom stereocenters. The van der Waals surface area contributed by atoms with Gasteiger partial charge in [0.15, 0.2) is 0 Å². The number of ether oxygens (including phenoxy) is 1. The zero-order valence-electron chi connectivity index (χ0n) is 12.3. The van der Waals surface area contributed by atoms with Gasteiger partial charge in [-0.25, -0.2) is 14.0 Å². The van der Waals surface area contributed by atoms with Gasteiger partial charge in [-0.2, -0.15) is 0 Å². The molecule has 0 radical (unpaired) electrons. The Balaban J connectivity index is 1.67. The van der Waals surface area contributed by atoms with Gasteiger partial charge in [0.1, 0.15) is 5.82 Å². The van der Waals surface area contributed by atoms with Crippen molar-refractivity contribution in [1.82, 2.24) is 9.80 Å². The molecule has 2 aliphatic rings. The summed E-state index contributed by atoms with van der Waals surface area (Å²) in [5.74, 6) is -0.232. The van der Waals surface area contributed by atoms with Crippen LogP contribution < -0.4 is 5.32 Å². The molecule has 1 aromatic carbocycles. The van der Waals surface area contributed by atoms with Gasteiger partial charge in [0, 0.05) is 26.1 Å². The van der Waals surface area contributed by atoms with Crippen LogP contribution in [0.15, 0.2) is 24.3 Å². The lowest BCUT2D eigenvalue weighted by Crippen LogP contribution is -2.59. The molecule has 0 aromatic heterocycles. The Morgan fingerprint density at radius 2 is 2.18 bits per heavy atom. The lowest BCUT2D eigenvalue weighted by molar-refractivity contribution is -0.00968. The van der Waals surface area contributed by atoms with Crippen LogP contribution in [0.25, 0.3) is 0 Å². The lowest BCUT2D eigenvalue weighted by atomic mass is 9.90. The van der Waals surface area contributed by atoms with Crippen LogP contribution in [0.1, 0.15) is 6.42 Å². The molecule has 1 aromatic rings. The first-order chi connectivity index (χ1) is 10.6. The molecule has 0 spiro atoms. The van der Waals surface area contributed by atoms with Crippen molar-refractivity contribution < 1.29 is 18.7 Å². The molecular formula is C15H18FN3O3. The highest BCUT2D eigenvalue weighted by Gasteiger charge is 2.40. The lowest BCUT2D eigenvalue weighted by Gasteiger charge is -2.44. The number of fused-ring (bicyclic) bond motifs is 1. The number of carbonyl (C=O) groups excluding carboxylic acids is 2. The molecule has 1 N–H and O–H groups in total. The van der Waals surface area contributed by atoms with Gasteiger partial charge in [-0.1, -0.05) is 12.1 Å². The summed E-state index contributed by atoms with van der Waals surface area (Å²) < 4.78 is 18.7. The first-order valence-corrected chi connectivity index (χ1v) is 7.26. The molecule has 6 nitrogen and oxygen atoms in total. The van der Waals surface area contributed by atoms with E-state index in [4.69, 9.17) is 4.74 Å². The molecule has 2 heterocycles. The largest absolute Gasteiger partial charge is 0.449 e. The normalized spacial score (nSPS) is 24.5. The SMILES string of the molecule is CN1C(=O)OC[C@@H]2CCN(C(=O)Nc3ccccc3F)C[C@H]21. The number of carbonyl (C=O) groups is 2. The Kier molecular flexibility index (Phi) is 3.87. The van der Waals surface area contributed by atoms with E-state index in [1.54, 1.807) is 24.1 Å². The number of benzene rings is 1. The first kappa shape index (κ1) is 14.6. The summed E-state index contributed by atoms with van der Waals surface area (Å²) >= 11 is 0. The molecule has 2 aliphatic heterocycles.